The minimum atomic E-state index is -0.0613. The van der Waals surface area contributed by atoms with Crippen molar-refractivity contribution in [1.82, 2.24) is 15.2 Å². The topological polar surface area (TPSA) is 54.5 Å². The van der Waals surface area contributed by atoms with E-state index in [-0.39, 0.29) is 17.6 Å². The lowest BCUT2D eigenvalue weighted by atomic mass is 9.89. The SMILES string of the molecule is O=C(NC[C@@H]1CCC[C@]2(CCN(C3CCC3)C2)O1)c1cccnc1. The molecule has 130 valence electrons. The van der Waals surface area contributed by atoms with E-state index in [2.05, 4.69) is 15.2 Å². The summed E-state index contributed by atoms with van der Waals surface area (Å²) < 4.78 is 6.50. The van der Waals surface area contributed by atoms with E-state index in [4.69, 9.17) is 4.74 Å². The van der Waals surface area contributed by atoms with E-state index in [0.717, 1.165) is 25.4 Å². The average molecular weight is 329 g/mol. The summed E-state index contributed by atoms with van der Waals surface area (Å²) in [6.45, 7) is 2.86. The maximum Gasteiger partial charge on any atom is 0.252 e. The Kier molecular flexibility index (Phi) is 4.55. The molecule has 3 heterocycles. The van der Waals surface area contributed by atoms with Gasteiger partial charge in [0.1, 0.15) is 0 Å². The third-order valence-electron chi connectivity index (χ3n) is 5.93. The lowest BCUT2D eigenvalue weighted by Crippen LogP contribution is -2.48. The van der Waals surface area contributed by atoms with Crippen LogP contribution in [0.4, 0.5) is 0 Å². The molecule has 0 radical (unpaired) electrons. The molecule has 24 heavy (non-hydrogen) atoms. The van der Waals surface area contributed by atoms with Crippen molar-refractivity contribution in [3.05, 3.63) is 30.1 Å². The Morgan fingerprint density at radius 3 is 3.00 bits per heavy atom. The largest absolute Gasteiger partial charge is 0.369 e. The fourth-order valence-electron chi connectivity index (χ4n) is 4.31. The molecule has 2 saturated heterocycles. The lowest BCUT2D eigenvalue weighted by Gasteiger charge is -2.41. The molecule has 3 fully saturated rings. The number of nitrogens with one attached hydrogen (secondary N) is 1. The molecule has 1 spiro atoms. The molecule has 1 aromatic heterocycles. The molecule has 2 aliphatic heterocycles. The molecule has 0 aromatic carbocycles. The van der Waals surface area contributed by atoms with Gasteiger partial charge in [-0.05, 0) is 50.7 Å². The van der Waals surface area contributed by atoms with Gasteiger partial charge in [0.05, 0.1) is 17.3 Å². The minimum Gasteiger partial charge on any atom is -0.369 e. The number of amides is 1. The van der Waals surface area contributed by atoms with Crippen LogP contribution in [0.3, 0.4) is 0 Å². The van der Waals surface area contributed by atoms with Crippen molar-refractivity contribution in [1.29, 1.82) is 0 Å². The maximum atomic E-state index is 12.2. The van der Waals surface area contributed by atoms with Crippen molar-refractivity contribution in [2.75, 3.05) is 19.6 Å². The summed E-state index contributed by atoms with van der Waals surface area (Å²) in [4.78, 5) is 18.8. The molecule has 3 aliphatic rings. The van der Waals surface area contributed by atoms with Crippen molar-refractivity contribution < 1.29 is 9.53 Å². The molecule has 1 aliphatic carbocycles. The van der Waals surface area contributed by atoms with Crippen LogP contribution in [0.1, 0.15) is 55.3 Å². The average Bonchev–Trinajstić information content (AvgIpc) is 2.94. The number of carbonyl (C=O) groups is 1. The van der Waals surface area contributed by atoms with Gasteiger partial charge in [-0.15, -0.1) is 0 Å². The van der Waals surface area contributed by atoms with E-state index in [9.17, 15) is 4.79 Å². The van der Waals surface area contributed by atoms with E-state index < -0.39 is 0 Å². The monoisotopic (exact) mass is 329 g/mol. The van der Waals surface area contributed by atoms with Crippen LogP contribution in [-0.2, 0) is 4.74 Å². The van der Waals surface area contributed by atoms with Gasteiger partial charge in [0, 0.05) is 38.1 Å². The summed E-state index contributed by atoms with van der Waals surface area (Å²) in [6.07, 6.45) is 12.1. The third-order valence-corrected chi connectivity index (χ3v) is 5.93. The van der Waals surface area contributed by atoms with Gasteiger partial charge in [-0.25, -0.2) is 0 Å². The highest BCUT2D eigenvalue weighted by molar-refractivity contribution is 5.93. The molecule has 2 atom stereocenters. The second-order valence-electron chi connectivity index (χ2n) is 7.57. The third kappa shape index (κ3) is 3.33. The zero-order valence-electron chi connectivity index (χ0n) is 14.2. The lowest BCUT2D eigenvalue weighted by molar-refractivity contribution is -0.120. The van der Waals surface area contributed by atoms with Crippen LogP contribution in [0, 0.1) is 0 Å². The first kappa shape index (κ1) is 16.0. The van der Waals surface area contributed by atoms with Gasteiger partial charge >= 0.3 is 0 Å². The van der Waals surface area contributed by atoms with Crippen LogP contribution in [0.15, 0.2) is 24.5 Å². The number of hydrogen-bond donors (Lipinski definition) is 1. The number of aromatic nitrogens is 1. The van der Waals surface area contributed by atoms with Gasteiger partial charge in [-0.3, -0.25) is 14.7 Å². The second-order valence-corrected chi connectivity index (χ2v) is 7.57. The predicted molar refractivity (Wildman–Crippen MR) is 91.9 cm³/mol. The zero-order chi connectivity index (χ0) is 16.4. The first-order chi connectivity index (χ1) is 11.7. The zero-order valence-corrected chi connectivity index (χ0v) is 14.2. The Morgan fingerprint density at radius 1 is 1.33 bits per heavy atom. The number of nitrogens with zero attached hydrogens (tertiary/aromatic N) is 2. The highest BCUT2D eigenvalue weighted by atomic mass is 16.5. The fraction of sp³-hybridized carbons (Fsp3) is 0.684. The van der Waals surface area contributed by atoms with Crippen LogP contribution in [-0.4, -0.2) is 53.2 Å². The van der Waals surface area contributed by atoms with E-state index in [1.165, 1.54) is 38.6 Å². The van der Waals surface area contributed by atoms with Gasteiger partial charge in [0.2, 0.25) is 0 Å². The van der Waals surface area contributed by atoms with Crippen LogP contribution in [0.2, 0.25) is 0 Å². The first-order valence-electron chi connectivity index (χ1n) is 9.34. The highest BCUT2D eigenvalue weighted by Crippen LogP contribution is 2.39. The number of ether oxygens (including phenoxy) is 1. The van der Waals surface area contributed by atoms with Gasteiger partial charge in [0.15, 0.2) is 0 Å². The quantitative estimate of drug-likeness (QED) is 0.921. The van der Waals surface area contributed by atoms with Crippen molar-refractivity contribution in [2.24, 2.45) is 0 Å². The van der Waals surface area contributed by atoms with E-state index in [1.54, 1.807) is 24.5 Å². The molecule has 0 unspecified atom stereocenters. The summed E-state index contributed by atoms with van der Waals surface area (Å²) in [5.74, 6) is -0.0613. The van der Waals surface area contributed by atoms with Gasteiger partial charge < -0.3 is 10.1 Å². The number of likely N-dealkylation sites (tertiary alicyclic amines) is 1. The van der Waals surface area contributed by atoms with Crippen LogP contribution < -0.4 is 5.32 Å². The van der Waals surface area contributed by atoms with Crippen molar-refractivity contribution in [3.8, 4) is 0 Å². The maximum absolute atomic E-state index is 12.2. The summed E-state index contributed by atoms with van der Waals surface area (Å²) >= 11 is 0. The van der Waals surface area contributed by atoms with Gasteiger partial charge in [-0.2, -0.15) is 0 Å². The van der Waals surface area contributed by atoms with E-state index >= 15 is 0 Å². The van der Waals surface area contributed by atoms with E-state index in [1.807, 2.05) is 0 Å². The Labute approximate surface area is 143 Å². The minimum absolute atomic E-state index is 0.0392. The van der Waals surface area contributed by atoms with Crippen molar-refractivity contribution >= 4 is 5.91 Å². The first-order valence-corrected chi connectivity index (χ1v) is 9.34. The number of pyridine rings is 1. The molecule has 1 amide bonds. The molecule has 5 heteroatoms. The molecule has 0 bridgehead atoms. The van der Waals surface area contributed by atoms with Crippen LogP contribution >= 0.6 is 0 Å². The fourth-order valence-corrected chi connectivity index (χ4v) is 4.31. The predicted octanol–water partition coefficient (Wildman–Crippen LogP) is 2.38. The number of carbonyl (C=O) groups excluding carboxylic acids is 1. The van der Waals surface area contributed by atoms with Crippen molar-refractivity contribution in [3.63, 3.8) is 0 Å². The molecule has 4 rings (SSSR count). The van der Waals surface area contributed by atoms with E-state index in [0.29, 0.717) is 12.1 Å². The summed E-state index contributed by atoms with van der Waals surface area (Å²) in [6, 6.07) is 4.38. The highest BCUT2D eigenvalue weighted by Gasteiger charge is 2.45. The molecular weight excluding hydrogens is 302 g/mol. The number of hydrogen-bond acceptors (Lipinski definition) is 4. The molecule has 1 aromatic rings. The second kappa shape index (κ2) is 6.81. The summed E-state index contributed by atoms with van der Waals surface area (Å²) in [5.41, 5.74) is 0.650. The molecule has 1 N–H and O–H groups in total. The smallest absolute Gasteiger partial charge is 0.252 e. The van der Waals surface area contributed by atoms with Crippen LogP contribution in [0.25, 0.3) is 0 Å². The number of rotatable bonds is 4. The Bertz CT molecular complexity index is 575. The molecule has 5 nitrogen and oxygen atoms in total. The Hall–Kier alpha value is -1.46. The van der Waals surface area contributed by atoms with Gasteiger partial charge in [0.25, 0.3) is 5.91 Å². The van der Waals surface area contributed by atoms with Gasteiger partial charge in [-0.1, -0.05) is 6.42 Å². The molecule has 1 saturated carbocycles. The Balaban J connectivity index is 1.30. The summed E-state index contributed by atoms with van der Waals surface area (Å²) in [5, 5.41) is 3.01. The van der Waals surface area contributed by atoms with Crippen molar-refractivity contribution in [2.45, 2.75) is 62.7 Å². The summed E-state index contributed by atoms with van der Waals surface area (Å²) in [7, 11) is 0. The Morgan fingerprint density at radius 2 is 2.25 bits per heavy atom. The van der Waals surface area contributed by atoms with Crippen LogP contribution in [0.5, 0.6) is 0 Å². The normalized spacial score (nSPS) is 31.1. The molecular formula is C19H27N3O2. The standard InChI is InChI=1S/C19H27N3O2/c23-18(15-4-3-10-20-12-15)21-13-17-7-2-8-19(24-17)9-11-22(14-19)16-5-1-6-16/h3-4,10,12,16-17H,1-2,5-9,11,13-14H2,(H,21,23)/t17-,19+/m0/s1.